The van der Waals surface area contributed by atoms with Gasteiger partial charge in [-0.1, -0.05) is 11.6 Å². The Labute approximate surface area is 96.3 Å². The Balaban J connectivity index is 2.71. The number of nitrogens with zero attached hydrogens (tertiary/aromatic N) is 2. The summed E-state index contributed by atoms with van der Waals surface area (Å²) in [6, 6.07) is 5.06. The minimum absolute atomic E-state index is 0.108. The molecule has 0 saturated carbocycles. The molecule has 5 heteroatoms. The Morgan fingerprint density at radius 3 is 2.93 bits per heavy atom. The quantitative estimate of drug-likeness (QED) is 0.758. The first-order valence-electron chi connectivity index (χ1n) is 4.43. The lowest BCUT2D eigenvalue weighted by Gasteiger charge is -2.03. The molecule has 0 spiro atoms. The number of alkyl halides is 1. The van der Waals surface area contributed by atoms with Gasteiger partial charge in [0, 0.05) is 17.4 Å². The average molecular weight is 243 g/mol. The number of halogens is 2. The molecule has 2 aromatic rings. The van der Waals surface area contributed by atoms with Crippen LogP contribution in [0.2, 0.25) is 5.02 Å². The molecular formula is C10H8Cl2N2O. The highest BCUT2D eigenvalue weighted by Gasteiger charge is 2.03. The highest BCUT2D eigenvalue weighted by atomic mass is 35.5. The Morgan fingerprint density at radius 1 is 1.40 bits per heavy atom. The maximum absolute atomic E-state index is 11.9. The Morgan fingerprint density at radius 2 is 2.20 bits per heavy atom. The Hall–Kier alpha value is -1.06. The van der Waals surface area contributed by atoms with Gasteiger partial charge in [-0.3, -0.25) is 9.36 Å². The number of benzene rings is 1. The molecule has 3 nitrogen and oxygen atoms in total. The number of hydrogen-bond donors (Lipinski definition) is 0. The zero-order chi connectivity index (χ0) is 10.8. The predicted octanol–water partition coefficient (Wildman–Crippen LogP) is 2.29. The molecule has 0 aliphatic rings. The fourth-order valence-corrected chi connectivity index (χ4v) is 1.74. The first-order chi connectivity index (χ1) is 7.22. The van der Waals surface area contributed by atoms with E-state index in [2.05, 4.69) is 4.98 Å². The van der Waals surface area contributed by atoms with Crippen LogP contribution in [0, 0.1) is 0 Å². The molecule has 0 aliphatic carbocycles. The van der Waals surface area contributed by atoms with Gasteiger partial charge in [-0.2, -0.15) is 0 Å². The highest BCUT2D eigenvalue weighted by Crippen LogP contribution is 2.13. The summed E-state index contributed by atoms with van der Waals surface area (Å²) in [6.45, 7) is 0.454. The topological polar surface area (TPSA) is 34.9 Å². The molecule has 0 unspecified atom stereocenters. The normalized spacial score (nSPS) is 10.8. The Kier molecular flexibility index (Phi) is 2.93. The lowest BCUT2D eigenvalue weighted by atomic mass is 10.2. The largest absolute Gasteiger partial charge is 0.298 e. The van der Waals surface area contributed by atoms with E-state index in [-0.39, 0.29) is 5.56 Å². The molecule has 1 heterocycles. The molecule has 1 aromatic carbocycles. The molecule has 0 aliphatic heterocycles. The van der Waals surface area contributed by atoms with Gasteiger partial charge in [0.25, 0.3) is 5.56 Å². The molecule has 0 bridgehead atoms. The van der Waals surface area contributed by atoms with Crippen molar-refractivity contribution in [2.24, 2.45) is 0 Å². The van der Waals surface area contributed by atoms with E-state index in [1.54, 1.807) is 18.2 Å². The van der Waals surface area contributed by atoms with Gasteiger partial charge in [0.15, 0.2) is 0 Å². The van der Waals surface area contributed by atoms with Crippen molar-refractivity contribution >= 4 is 34.1 Å². The van der Waals surface area contributed by atoms with Crippen LogP contribution >= 0.6 is 23.2 Å². The third-order valence-corrected chi connectivity index (χ3v) is 2.52. The second kappa shape index (κ2) is 4.21. The third-order valence-electron chi connectivity index (χ3n) is 2.11. The predicted molar refractivity (Wildman–Crippen MR) is 61.7 cm³/mol. The van der Waals surface area contributed by atoms with Gasteiger partial charge in [0.2, 0.25) is 0 Å². The SMILES string of the molecule is O=c1c2cc(Cl)ccc2ncn1CCCl. The summed E-state index contributed by atoms with van der Waals surface area (Å²) in [6.07, 6.45) is 1.50. The van der Waals surface area contributed by atoms with E-state index in [9.17, 15) is 4.79 Å². The molecule has 0 atom stereocenters. The monoisotopic (exact) mass is 242 g/mol. The lowest BCUT2D eigenvalue weighted by molar-refractivity contribution is 0.722. The number of aromatic nitrogens is 2. The van der Waals surface area contributed by atoms with Crippen molar-refractivity contribution in [3.05, 3.63) is 39.9 Å². The van der Waals surface area contributed by atoms with Gasteiger partial charge in [-0.05, 0) is 18.2 Å². The summed E-state index contributed by atoms with van der Waals surface area (Å²) >= 11 is 11.4. The summed E-state index contributed by atoms with van der Waals surface area (Å²) in [5.74, 6) is 0.383. The fourth-order valence-electron chi connectivity index (χ4n) is 1.38. The van der Waals surface area contributed by atoms with Crippen LogP contribution in [-0.2, 0) is 6.54 Å². The molecule has 78 valence electrons. The number of rotatable bonds is 2. The van der Waals surface area contributed by atoms with E-state index in [0.29, 0.717) is 28.4 Å². The standard InChI is InChI=1S/C10H8Cl2N2O/c11-3-4-14-6-13-9-2-1-7(12)5-8(9)10(14)15/h1-2,5-6H,3-4H2. The summed E-state index contributed by atoms with van der Waals surface area (Å²) in [5.41, 5.74) is 0.540. The average Bonchev–Trinajstić information content (AvgIpc) is 2.23. The smallest absolute Gasteiger partial charge is 0.261 e. The fraction of sp³-hybridized carbons (Fsp3) is 0.200. The molecular weight excluding hydrogens is 235 g/mol. The lowest BCUT2D eigenvalue weighted by Crippen LogP contribution is -2.21. The van der Waals surface area contributed by atoms with Crippen molar-refractivity contribution in [3.63, 3.8) is 0 Å². The number of hydrogen-bond acceptors (Lipinski definition) is 2. The van der Waals surface area contributed by atoms with Crippen molar-refractivity contribution < 1.29 is 0 Å². The zero-order valence-electron chi connectivity index (χ0n) is 7.78. The third kappa shape index (κ3) is 1.98. The van der Waals surface area contributed by atoms with Crippen LogP contribution in [-0.4, -0.2) is 15.4 Å². The first kappa shape index (κ1) is 10.5. The maximum atomic E-state index is 11.9. The molecule has 0 fully saturated rings. The van der Waals surface area contributed by atoms with Crippen LogP contribution in [0.15, 0.2) is 29.3 Å². The van der Waals surface area contributed by atoms with Crippen LogP contribution in [0.1, 0.15) is 0 Å². The first-order valence-corrected chi connectivity index (χ1v) is 5.34. The summed E-state index contributed by atoms with van der Waals surface area (Å²) in [5, 5.41) is 1.06. The molecule has 0 N–H and O–H groups in total. The van der Waals surface area contributed by atoms with E-state index in [4.69, 9.17) is 23.2 Å². The molecule has 0 radical (unpaired) electrons. The van der Waals surface area contributed by atoms with Crippen molar-refractivity contribution in [3.8, 4) is 0 Å². The number of fused-ring (bicyclic) bond motifs is 1. The van der Waals surface area contributed by atoms with Crippen molar-refractivity contribution in [2.45, 2.75) is 6.54 Å². The second-order valence-corrected chi connectivity index (χ2v) is 3.91. The molecule has 2 rings (SSSR count). The van der Waals surface area contributed by atoms with Crippen LogP contribution in [0.4, 0.5) is 0 Å². The highest BCUT2D eigenvalue weighted by molar-refractivity contribution is 6.31. The van der Waals surface area contributed by atoms with E-state index >= 15 is 0 Å². The van der Waals surface area contributed by atoms with E-state index < -0.39 is 0 Å². The van der Waals surface area contributed by atoms with Crippen LogP contribution in [0.5, 0.6) is 0 Å². The van der Waals surface area contributed by atoms with Crippen LogP contribution in [0.25, 0.3) is 10.9 Å². The van der Waals surface area contributed by atoms with Crippen molar-refractivity contribution in [2.75, 3.05) is 5.88 Å². The summed E-state index contributed by atoms with van der Waals surface area (Å²) in [4.78, 5) is 16.0. The van der Waals surface area contributed by atoms with Gasteiger partial charge >= 0.3 is 0 Å². The van der Waals surface area contributed by atoms with Gasteiger partial charge < -0.3 is 0 Å². The van der Waals surface area contributed by atoms with E-state index in [1.165, 1.54) is 10.9 Å². The second-order valence-electron chi connectivity index (χ2n) is 3.09. The van der Waals surface area contributed by atoms with Crippen LogP contribution < -0.4 is 5.56 Å². The zero-order valence-corrected chi connectivity index (χ0v) is 9.29. The molecule has 0 amide bonds. The Bertz CT molecular complexity index is 551. The van der Waals surface area contributed by atoms with Crippen LogP contribution in [0.3, 0.4) is 0 Å². The van der Waals surface area contributed by atoms with Gasteiger partial charge in [-0.15, -0.1) is 11.6 Å². The van der Waals surface area contributed by atoms with Crippen molar-refractivity contribution in [1.29, 1.82) is 0 Å². The van der Waals surface area contributed by atoms with Gasteiger partial charge in [-0.25, -0.2) is 4.98 Å². The maximum Gasteiger partial charge on any atom is 0.261 e. The summed E-state index contributed by atoms with van der Waals surface area (Å²) in [7, 11) is 0. The number of aryl methyl sites for hydroxylation is 1. The minimum atomic E-state index is -0.108. The van der Waals surface area contributed by atoms with E-state index in [1.807, 2.05) is 0 Å². The molecule has 15 heavy (non-hydrogen) atoms. The molecule has 1 aromatic heterocycles. The van der Waals surface area contributed by atoms with Crippen molar-refractivity contribution in [1.82, 2.24) is 9.55 Å². The van der Waals surface area contributed by atoms with Gasteiger partial charge in [0.1, 0.15) is 0 Å². The van der Waals surface area contributed by atoms with Gasteiger partial charge in [0.05, 0.1) is 17.2 Å². The van der Waals surface area contributed by atoms with E-state index in [0.717, 1.165) is 0 Å². The minimum Gasteiger partial charge on any atom is -0.298 e. The summed E-state index contributed by atoms with van der Waals surface area (Å²) < 4.78 is 1.48. The molecule has 0 saturated heterocycles.